The number of fused-ring (bicyclic) bond motifs is 8. The van der Waals surface area contributed by atoms with Crippen molar-refractivity contribution >= 4 is 42.3 Å². The first-order valence-electron chi connectivity index (χ1n) is 15.0. The molecule has 4 aromatic carbocycles. The van der Waals surface area contributed by atoms with Gasteiger partial charge in [-0.3, -0.25) is 0 Å². The Bertz CT molecular complexity index is 2200. The molecule has 0 radical (unpaired) electrons. The molecule has 0 unspecified atom stereocenters. The van der Waals surface area contributed by atoms with Gasteiger partial charge >= 0.3 is 0 Å². The van der Waals surface area contributed by atoms with Crippen molar-refractivity contribution in [1.82, 2.24) is 14.1 Å². The fourth-order valence-corrected chi connectivity index (χ4v) is 8.71. The Balaban J connectivity index is 1.51. The summed E-state index contributed by atoms with van der Waals surface area (Å²) in [6.07, 6.45) is 9.40. The second-order valence-electron chi connectivity index (χ2n) is 12.4. The van der Waals surface area contributed by atoms with Crippen LogP contribution in [0.2, 0.25) is 0 Å². The predicted octanol–water partition coefficient (Wildman–Crippen LogP) is 9.14. The maximum Gasteiger partial charge on any atom is 0.294 e. The van der Waals surface area contributed by atoms with E-state index < -0.39 is 0 Å². The topological polar surface area (TPSA) is 26.6 Å². The maximum atomic E-state index is 4.75. The summed E-state index contributed by atoms with van der Waals surface area (Å²) < 4.78 is 9.90. The van der Waals surface area contributed by atoms with Crippen LogP contribution in [0.4, 0.5) is 0 Å². The van der Waals surface area contributed by atoms with Crippen molar-refractivity contribution in [3.63, 3.8) is 0 Å². The van der Waals surface area contributed by atoms with E-state index >= 15 is 0 Å². The summed E-state index contributed by atoms with van der Waals surface area (Å²) in [4.78, 5) is 4.75. The highest BCUT2D eigenvalue weighted by Crippen LogP contribution is 2.47. The van der Waals surface area contributed by atoms with Crippen LogP contribution in [-0.2, 0) is 13.5 Å². The van der Waals surface area contributed by atoms with Crippen LogP contribution in [0.15, 0.2) is 79.4 Å². The number of aryl methyl sites for hydroxylation is 2. The lowest BCUT2D eigenvalue weighted by molar-refractivity contribution is -0.659. The van der Waals surface area contributed by atoms with E-state index in [1.165, 1.54) is 76.0 Å². The van der Waals surface area contributed by atoms with Gasteiger partial charge < -0.3 is 4.57 Å². The SMILES string of the molecule is Cc1c(-c2n(-c3c(C(C)C)cc4c(sc5ccccc54)c3C(C)C)cc[n+]2C)c2c(c3ccccc13)-n1ccnc1C2. The second kappa shape index (κ2) is 9.14. The predicted molar refractivity (Wildman–Crippen MR) is 176 cm³/mol. The third kappa shape index (κ3) is 3.40. The first kappa shape index (κ1) is 25.5. The third-order valence-electron chi connectivity index (χ3n) is 9.21. The van der Waals surface area contributed by atoms with Crippen LogP contribution < -0.4 is 4.57 Å². The standard InChI is InChI=1S/C37H35N4S/c1-21(2)27-19-28-25-12-9-10-14-30(25)42-36(28)32(22(3)4)35(27)41-18-17-39(6)37(41)33-23(5)24-11-7-8-13-26(24)34-29(33)20-31-38-15-16-40(31)34/h7-19,21-22H,20H2,1-6H3/q+1. The highest BCUT2D eigenvalue weighted by atomic mass is 32.1. The number of nitrogens with zero attached hydrogens (tertiary/aromatic N) is 4. The molecular weight excluding hydrogens is 533 g/mol. The molecule has 42 heavy (non-hydrogen) atoms. The van der Waals surface area contributed by atoms with Gasteiger partial charge in [-0.15, -0.1) is 11.3 Å². The van der Waals surface area contributed by atoms with Crippen LogP contribution in [-0.4, -0.2) is 14.1 Å². The van der Waals surface area contributed by atoms with Gasteiger partial charge in [0, 0.05) is 61.1 Å². The normalized spacial score (nSPS) is 12.9. The van der Waals surface area contributed by atoms with Gasteiger partial charge in [-0.05, 0) is 41.8 Å². The molecule has 0 N–H and O–H groups in total. The summed E-state index contributed by atoms with van der Waals surface area (Å²) in [5.74, 6) is 3.07. The molecule has 7 aromatic rings. The van der Waals surface area contributed by atoms with Gasteiger partial charge in [-0.1, -0.05) is 70.2 Å². The minimum Gasteiger partial charge on any atom is -0.303 e. The number of imidazole rings is 2. The molecule has 0 aliphatic carbocycles. The summed E-state index contributed by atoms with van der Waals surface area (Å²) in [7, 11) is 2.20. The van der Waals surface area contributed by atoms with Crippen molar-refractivity contribution in [2.45, 2.75) is 52.9 Å². The highest BCUT2D eigenvalue weighted by molar-refractivity contribution is 7.26. The fraction of sp³-hybridized carbons (Fsp3) is 0.243. The molecule has 8 rings (SSSR count). The van der Waals surface area contributed by atoms with Gasteiger partial charge in [0.05, 0.1) is 18.3 Å². The van der Waals surface area contributed by atoms with E-state index in [2.05, 4.69) is 129 Å². The lowest BCUT2D eigenvalue weighted by Gasteiger charge is -2.21. The van der Waals surface area contributed by atoms with E-state index in [9.17, 15) is 0 Å². The van der Waals surface area contributed by atoms with Gasteiger partial charge in [0.15, 0.2) is 0 Å². The van der Waals surface area contributed by atoms with E-state index in [0.29, 0.717) is 11.8 Å². The summed E-state index contributed by atoms with van der Waals surface area (Å²) in [5, 5.41) is 5.35. The Kier molecular flexibility index (Phi) is 5.55. The van der Waals surface area contributed by atoms with Crippen LogP contribution >= 0.6 is 11.3 Å². The van der Waals surface area contributed by atoms with Crippen molar-refractivity contribution in [2.24, 2.45) is 7.05 Å². The lowest BCUT2D eigenvalue weighted by Crippen LogP contribution is -2.30. The summed E-state index contributed by atoms with van der Waals surface area (Å²) in [5.41, 5.74) is 9.47. The molecule has 4 heterocycles. The summed E-state index contributed by atoms with van der Waals surface area (Å²) in [6, 6.07) is 20.2. The number of thiophene rings is 1. The van der Waals surface area contributed by atoms with Crippen LogP contribution in [0.5, 0.6) is 0 Å². The van der Waals surface area contributed by atoms with E-state index in [1.54, 1.807) is 0 Å². The average Bonchev–Trinajstić information content (AvgIpc) is 3.74. The number of benzene rings is 4. The molecule has 0 saturated carbocycles. The lowest BCUT2D eigenvalue weighted by atomic mass is 9.89. The van der Waals surface area contributed by atoms with Crippen LogP contribution in [0.25, 0.3) is 53.7 Å². The van der Waals surface area contributed by atoms with Gasteiger partial charge in [-0.2, -0.15) is 4.57 Å². The van der Waals surface area contributed by atoms with Crippen molar-refractivity contribution < 1.29 is 4.57 Å². The minimum absolute atomic E-state index is 0.364. The number of hydrogen-bond acceptors (Lipinski definition) is 2. The van der Waals surface area contributed by atoms with Gasteiger partial charge in [0.1, 0.15) is 23.9 Å². The molecule has 0 bridgehead atoms. The van der Waals surface area contributed by atoms with Crippen LogP contribution in [0.3, 0.4) is 0 Å². The molecule has 0 spiro atoms. The molecule has 1 aliphatic rings. The number of aromatic nitrogens is 4. The van der Waals surface area contributed by atoms with Crippen molar-refractivity contribution in [3.8, 4) is 22.8 Å². The Labute approximate surface area is 250 Å². The van der Waals surface area contributed by atoms with Gasteiger partial charge in [-0.25, -0.2) is 9.55 Å². The molecule has 5 heteroatoms. The summed E-state index contributed by atoms with van der Waals surface area (Å²) >= 11 is 1.94. The van der Waals surface area contributed by atoms with E-state index in [0.717, 1.165) is 12.2 Å². The smallest absolute Gasteiger partial charge is 0.294 e. The molecule has 0 atom stereocenters. The van der Waals surface area contributed by atoms with E-state index in [1.807, 2.05) is 17.5 Å². The first-order valence-corrected chi connectivity index (χ1v) is 15.8. The quantitative estimate of drug-likeness (QED) is 0.195. The molecule has 0 saturated heterocycles. The molecule has 208 valence electrons. The molecular formula is C37H35N4S+. The second-order valence-corrected chi connectivity index (χ2v) is 13.4. The number of rotatable bonds is 4. The zero-order valence-electron chi connectivity index (χ0n) is 25.1. The first-order chi connectivity index (χ1) is 20.3. The third-order valence-corrected chi connectivity index (χ3v) is 10.4. The zero-order valence-corrected chi connectivity index (χ0v) is 25.9. The Hall–Kier alpha value is -4.22. The highest BCUT2D eigenvalue weighted by Gasteiger charge is 2.35. The molecule has 1 aliphatic heterocycles. The van der Waals surface area contributed by atoms with Crippen molar-refractivity contribution in [1.29, 1.82) is 0 Å². The maximum absolute atomic E-state index is 4.75. The fourth-order valence-electron chi connectivity index (χ4n) is 7.33. The molecule has 0 fully saturated rings. The monoisotopic (exact) mass is 567 g/mol. The Morgan fingerprint density at radius 2 is 1.57 bits per heavy atom. The van der Waals surface area contributed by atoms with Gasteiger partial charge in [0.2, 0.25) is 0 Å². The molecule has 4 nitrogen and oxygen atoms in total. The van der Waals surface area contributed by atoms with E-state index in [-0.39, 0.29) is 0 Å². The van der Waals surface area contributed by atoms with Crippen LogP contribution in [0, 0.1) is 6.92 Å². The van der Waals surface area contributed by atoms with Gasteiger partial charge in [0.25, 0.3) is 5.82 Å². The van der Waals surface area contributed by atoms with Crippen molar-refractivity contribution in [3.05, 3.63) is 107 Å². The zero-order chi connectivity index (χ0) is 28.9. The largest absolute Gasteiger partial charge is 0.303 e. The van der Waals surface area contributed by atoms with Crippen LogP contribution in [0.1, 0.15) is 67.6 Å². The molecule has 3 aromatic heterocycles. The average molecular weight is 568 g/mol. The molecule has 0 amide bonds. The van der Waals surface area contributed by atoms with Crippen molar-refractivity contribution in [2.75, 3.05) is 0 Å². The van der Waals surface area contributed by atoms with E-state index in [4.69, 9.17) is 4.98 Å². The summed E-state index contributed by atoms with van der Waals surface area (Å²) in [6.45, 7) is 11.7. The number of hydrogen-bond donors (Lipinski definition) is 0. The Morgan fingerprint density at radius 3 is 2.33 bits per heavy atom. The minimum atomic E-state index is 0.364. The Morgan fingerprint density at radius 1 is 0.833 bits per heavy atom.